The van der Waals surface area contributed by atoms with Gasteiger partial charge in [-0.05, 0) is 80.3 Å². The van der Waals surface area contributed by atoms with Crippen LogP contribution in [0.2, 0.25) is 5.02 Å². The fraction of sp³-hybridized carbons (Fsp3) is 0.345. The molecule has 2 aromatic heterocycles. The number of hydrogen-bond acceptors (Lipinski definition) is 8. The van der Waals surface area contributed by atoms with E-state index in [1.807, 2.05) is 54.6 Å². The normalized spacial score (nSPS) is 20.2. The van der Waals surface area contributed by atoms with Crippen LogP contribution in [0.15, 0.2) is 67.0 Å². The lowest BCUT2D eigenvalue weighted by Gasteiger charge is -2.38. The molecule has 0 radical (unpaired) electrons. The molecule has 1 saturated heterocycles. The van der Waals surface area contributed by atoms with E-state index in [9.17, 15) is 0 Å². The average molecular weight is 531 g/mol. The zero-order valence-electron chi connectivity index (χ0n) is 21.1. The Balaban J connectivity index is 1.03. The van der Waals surface area contributed by atoms with E-state index < -0.39 is 0 Å². The first-order valence-electron chi connectivity index (χ1n) is 13.2. The van der Waals surface area contributed by atoms with Crippen molar-refractivity contribution in [3.8, 4) is 5.75 Å². The first-order chi connectivity index (χ1) is 18.7. The van der Waals surface area contributed by atoms with Gasteiger partial charge in [0.05, 0.1) is 36.7 Å². The predicted molar refractivity (Wildman–Crippen MR) is 151 cm³/mol. The Labute approximate surface area is 227 Å². The van der Waals surface area contributed by atoms with Gasteiger partial charge in [-0.3, -0.25) is 9.88 Å². The molecule has 4 aromatic rings. The molecule has 2 fully saturated rings. The number of nitrogens with zero attached hydrogens (tertiary/aromatic N) is 4. The molecule has 0 unspecified atom stereocenters. The molecule has 6 rings (SSSR count). The van der Waals surface area contributed by atoms with Gasteiger partial charge in [0, 0.05) is 41.4 Å². The number of nitrogens with one attached hydrogen (secondary N) is 2. The highest BCUT2D eigenvalue weighted by molar-refractivity contribution is 6.31. The Bertz CT molecular complexity index is 1370. The van der Waals surface area contributed by atoms with Crippen LogP contribution in [0.5, 0.6) is 5.75 Å². The second-order valence-corrected chi connectivity index (χ2v) is 10.2. The van der Waals surface area contributed by atoms with Crippen LogP contribution in [0.1, 0.15) is 25.7 Å². The highest BCUT2D eigenvalue weighted by Crippen LogP contribution is 2.28. The van der Waals surface area contributed by atoms with Gasteiger partial charge in [0.2, 0.25) is 5.95 Å². The van der Waals surface area contributed by atoms with Crippen LogP contribution in [0.4, 0.5) is 23.1 Å². The average Bonchev–Trinajstić information content (AvgIpc) is 2.95. The van der Waals surface area contributed by atoms with Crippen molar-refractivity contribution in [2.45, 2.75) is 37.8 Å². The number of benzene rings is 2. The maximum atomic E-state index is 6.29. The molecule has 38 heavy (non-hydrogen) atoms. The quantitative estimate of drug-likeness (QED) is 0.293. The Morgan fingerprint density at radius 1 is 0.868 bits per heavy atom. The number of pyridine rings is 1. The minimum Gasteiger partial charge on any atom is -0.490 e. The van der Waals surface area contributed by atoms with Gasteiger partial charge in [-0.2, -0.15) is 4.98 Å². The van der Waals surface area contributed by atoms with Gasteiger partial charge in [0.1, 0.15) is 11.6 Å². The van der Waals surface area contributed by atoms with E-state index in [1.165, 1.54) is 12.8 Å². The number of aromatic nitrogens is 3. The van der Waals surface area contributed by atoms with Crippen LogP contribution in [0, 0.1) is 0 Å². The van der Waals surface area contributed by atoms with E-state index >= 15 is 0 Å². The molecular formula is C29H31ClN6O2. The molecule has 0 bridgehead atoms. The van der Waals surface area contributed by atoms with Gasteiger partial charge in [-0.1, -0.05) is 11.6 Å². The monoisotopic (exact) mass is 530 g/mol. The summed E-state index contributed by atoms with van der Waals surface area (Å²) >= 11 is 6.13. The lowest BCUT2D eigenvalue weighted by atomic mass is 9.91. The molecule has 3 heterocycles. The van der Waals surface area contributed by atoms with Crippen LogP contribution < -0.4 is 15.4 Å². The van der Waals surface area contributed by atoms with E-state index in [4.69, 9.17) is 21.1 Å². The molecule has 9 heteroatoms. The standard InChI is InChI=1S/C29H31ClN6O2/c30-21-1-10-27-20(17-21)18-23(19-32-27)33-28-11-12-31-29(35-28)34-22-2-6-25(7-3-22)38-26-8-4-24(5-9-26)36-13-15-37-16-14-36/h1-3,6-7,10-12,17-19,24,26H,4-5,8-9,13-16H2,(H2,31,33,34,35). The van der Waals surface area contributed by atoms with Crippen molar-refractivity contribution in [2.75, 3.05) is 36.9 Å². The largest absolute Gasteiger partial charge is 0.490 e. The maximum absolute atomic E-state index is 6.29. The Morgan fingerprint density at radius 2 is 1.68 bits per heavy atom. The molecule has 196 valence electrons. The summed E-state index contributed by atoms with van der Waals surface area (Å²) in [6.45, 7) is 3.84. The molecule has 0 spiro atoms. The van der Waals surface area contributed by atoms with Crippen LogP contribution in [-0.4, -0.2) is 58.3 Å². The molecule has 1 aliphatic heterocycles. The molecule has 1 aliphatic carbocycles. The summed E-state index contributed by atoms with van der Waals surface area (Å²) in [6, 6.07) is 18.1. The molecule has 8 nitrogen and oxygen atoms in total. The molecule has 2 N–H and O–H groups in total. The van der Waals surface area contributed by atoms with E-state index in [2.05, 4.69) is 30.5 Å². The summed E-state index contributed by atoms with van der Waals surface area (Å²) in [6.07, 6.45) is 8.33. The van der Waals surface area contributed by atoms with Crippen molar-refractivity contribution < 1.29 is 9.47 Å². The minimum atomic E-state index is 0.276. The van der Waals surface area contributed by atoms with E-state index in [0.29, 0.717) is 22.8 Å². The lowest BCUT2D eigenvalue weighted by molar-refractivity contribution is -0.00103. The summed E-state index contributed by atoms with van der Waals surface area (Å²) in [5, 5.41) is 8.21. The van der Waals surface area contributed by atoms with Crippen LogP contribution >= 0.6 is 11.6 Å². The molecular weight excluding hydrogens is 500 g/mol. The fourth-order valence-electron chi connectivity index (χ4n) is 5.22. The first-order valence-corrected chi connectivity index (χ1v) is 13.6. The van der Waals surface area contributed by atoms with Gasteiger partial charge in [-0.15, -0.1) is 0 Å². The Morgan fingerprint density at radius 3 is 2.50 bits per heavy atom. The van der Waals surface area contributed by atoms with Crippen molar-refractivity contribution in [1.82, 2.24) is 19.9 Å². The number of hydrogen-bond donors (Lipinski definition) is 2. The highest BCUT2D eigenvalue weighted by Gasteiger charge is 2.27. The fourth-order valence-corrected chi connectivity index (χ4v) is 5.40. The van der Waals surface area contributed by atoms with Gasteiger partial charge in [0.25, 0.3) is 0 Å². The van der Waals surface area contributed by atoms with Crippen molar-refractivity contribution in [1.29, 1.82) is 0 Å². The smallest absolute Gasteiger partial charge is 0.229 e. The number of rotatable bonds is 7. The topological polar surface area (TPSA) is 84.4 Å². The highest BCUT2D eigenvalue weighted by atomic mass is 35.5. The third kappa shape index (κ3) is 6.15. The lowest BCUT2D eigenvalue weighted by Crippen LogP contribution is -2.46. The predicted octanol–water partition coefficient (Wildman–Crippen LogP) is 6.19. The van der Waals surface area contributed by atoms with Crippen LogP contribution in [-0.2, 0) is 4.74 Å². The van der Waals surface area contributed by atoms with Gasteiger partial charge in [-0.25, -0.2) is 4.98 Å². The third-order valence-electron chi connectivity index (χ3n) is 7.19. The zero-order chi connectivity index (χ0) is 25.7. The van der Waals surface area contributed by atoms with E-state index in [-0.39, 0.29) is 6.10 Å². The molecule has 0 atom stereocenters. The van der Waals surface area contributed by atoms with Crippen molar-refractivity contribution in [3.05, 3.63) is 72.0 Å². The molecule has 0 amide bonds. The minimum absolute atomic E-state index is 0.276. The summed E-state index contributed by atoms with van der Waals surface area (Å²) in [5.74, 6) is 2.06. The van der Waals surface area contributed by atoms with Crippen molar-refractivity contribution in [2.24, 2.45) is 0 Å². The van der Waals surface area contributed by atoms with Crippen molar-refractivity contribution in [3.63, 3.8) is 0 Å². The number of fused-ring (bicyclic) bond motifs is 1. The second kappa shape index (κ2) is 11.5. The third-order valence-corrected chi connectivity index (χ3v) is 7.43. The van der Waals surface area contributed by atoms with E-state index in [1.54, 1.807) is 12.4 Å². The summed E-state index contributed by atoms with van der Waals surface area (Å²) in [4.78, 5) is 16.0. The van der Waals surface area contributed by atoms with Crippen LogP contribution in [0.3, 0.4) is 0 Å². The maximum Gasteiger partial charge on any atom is 0.229 e. The molecule has 1 saturated carbocycles. The van der Waals surface area contributed by atoms with Crippen molar-refractivity contribution >= 4 is 45.6 Å². The van der Waals surface area contributed by atoms with Gasteiger partial charge >= 0.3 is 0 Å². The first kappa shape index (κ1) is 24.9. The zero-order valence-corrected chi connectivity index (χ0v) is 21.9. The van der Waals surface area contributed by atoms with Crippen LogP contribution in [0.25, 0.3) is 10.9 Å². The second-order valence-electron chi connectivity index (χ2n) is 9.80. The number of morpholine rings is 1. The number of ether oxygens (including phenoxy) is 2. The molecule has 2 aliphatic rings. The molecule has 2 aromatic carbocycles. The summed E-state index contributed by atoms with van der Waals surface area (Å²) in [5.41, 5.74) is 2.61. The number of anilines is 4. The summed E-state index contributed by atoms with van der Waals surface area (Å²) in [7, 11) is 0. The Kier molecular flexibility index (Phi) is 7.53. The van der Waals surface area contributed by atoms with Gasteiger partial charge < -0.3 is 20.1 Å². The number of halogens is 1. The SMILES string of the molecule is Clc1ccc2ncc(Nc3ccnc(Nc4ccc(OC5CCC(N6CCOCC6)CC5)cc4)n3)cc2c1. The van der Waals surface area contributed by atoms with E-state index in [0.717, 1.165) is 67.2 Å². The van der Waals surface area contributed by atoms with Gasteiger partial charge in [0.15, 0.2) is 0 Å². The Hall–Kier alpha value is -3.46. The summed E-state index contributed by atoms with van der Waals surface area (Å²) < 4.78 is 11.8.